The summed E-state index contributed by atoms with van der Waals surface area (Å²) in [7, 11) is 2.19. The van der Waals surface area contributed by atoms with E-state index in [1.807, 2.05) is 0 Å². The molecule has 1 rings (SSSR count). The molecule has 1 N–H and O–H groups in total. The summed E-state index contributed by atoms with van der Waals surface area (Å²) in [6.45, 7) is 7.26. The molecule has 0 amide bonds. The molecule has 0 radical (unpaired) electrons. The Hall–Kier alpha value is 0.610. The maximum atomic E-state index is 3.34. The Kier molecular flexibility index (Phi) is 5.45. The molecule has 1 aliphatic rings. The van der Waals surface area contributed by atoms with E-state index in [-0.39, 0.29) is 0 Å². The van der Waals surface area contributed by atoms with Crippen molar-refractivity contribution < 1.29 is 0 Å². The van der Waals surface area contributed by atoms with Crippen LogP contribution in [0.15, 0.2) is 0 Å². The van der Waals surface area contributed by atoms with Crippen LogP contribution in [0.5, 0.6) is 0 Å². The fourth-order valence-corrected chi connectivity index (χ4v) is 1.76. The van der Waals surface area contributed by atoms with Gasteiger partial charge in [0.15, 0.2) is 0 Å². The summed E-state index contributed by atoms with van der Waals surface area (Å²) < 4.78 is 1.06. The van der Waals surface area contributed by atoms with E-state index in [1.165, 1.54) is 32.7 Å². The number of nitrogens with one attached hydrogen (secondary N) is 1. The minimum atomic E-state index is 1.06. The summed E-state index contributed by atoms with van der Waals surface area (Å²) in [6, 6.07) is 0. The molecule has 0 aromatic carbocycles. The van der Waals surface area contributed by atoms with Gasteiger partial charge in [0.2, 0.25) is 0 Å². The second-order valence-corrected chi connectivity index (χ2v) is 4.04. The molecule has 3 nitrogen and oxygen atoms in total. The van der Waals surface area contributed by atoms with Crippen molar-refractivity contribution in [3.05, 3.63) is 0 Å². The van der Waals surface area contributed by atoms with Gasteiger partial charge in [0, 0.05) is 43.8 Å². The maximum absolute atomic E-state index is 3.34. The summed E-state index contributed by atoms with van der Waals surface area (Å²) in [5, 5.41) is 3.34. The molecule has 0 unspecified atom stereocenters. The van der Waals surface area contributed by atoms with Crippen molar-refractivity contribution in [1.82, 2.24) is 15.1 Å². The van der Waals surface area contributed by atoms with E-state index in [2.05, 4.69) is 44.8 Å². The smallest absolute Gasteiger partial charge is 0.0480 e. The van der Waals surface area contributed by atoms with Crippen LogP contribution in [0.3, 0.4) is 0 Å². The molecule has 0 bridgehead atoms. The summed E-state index contributed by atoms with van der Waals surface area (Å²) in [6.07, 6.45) is 0. The van der Waals surface area contributed by atoms with Crippen LogP contribution in [-0.4, -0.2) is 60.7 Å². The van der Waals surface area contributed by atoms with Gasteiger partial charge in [0.25, 0.3) is 0 Å². The van der Waals surface area contributed by atoms with Crippen molar-refractivity contribution in [3.63, 3.8) is 0 Å². The van der Waals surface area contributed by atoms with E-state index in [0.717, 1.165) is 11.1 Å². The molecule has 0 aliphatic carbocycles. The van der Waals surface area contributed by atoms with Crippen molar-refractivity contribution in [1.29, 1.82) is 0 Å². The first-order valence-electron chi connectivity index (χ1n) is 4.50. The number of hydrogen-bond acceptors (Lipinski definition) is 3. The topological polar surface area (TPSA) is 18.5 Å². The Morgan fingerprint density at radius 1 is 1.25 bits per heavy atom. The van der Waals surface area contributed by atoms with Gasteiger partial charge in [-0.05, 0) is 7.05 Å². The molecular formula is C8H18IN3. The summed E-state index contributed by atoms with van der Waals surface area (Å²) >= 11 is 2.35. The number of piperazine rings is 1. The molecule has 1 saturated heterocycles. The Morgan fingerprint density at radius 2 is 1.92 bits per heavy atom. The molecular weight excluding hydrogens is 265 g/mol. The highest BCUT2D eigenvalue weighted by molar-refractivity contribution is 14.1. The SMILES string of the molecule is CN1CCN(CCNCI)CC1. The second kappa shape index (κ2) is 6.12. The van der Waals surface area contributed by atoms with Crippen LogP contribution in [0.2, 0.25) is 0 Å². The lowest BCUT2D eigenvalue weighted by atomic mass is 10.3. The Morgan fingerprint density at radius 3 is 2.50 bits per heavy atom. The van der Waals surface area contributed by atoms with E-state index >= 15 is 0 Å². The molecule has 0 aromatic rings. The lowest BCUT2D eigenvalue weighted by Gasteiger charge is -2.32. The fraction of sp³-hybridized carbons (Fsp3) is 1.00. The first-order chi connectivity index (χ1) is 5.83. The number of alkyl halides is 1. The van der Waals surface area contributed by atoms with Gasteiger partial charge in [0.1, 0.15) is 0 Å². The van der Waals surface area contributed by atoms with Crippen molar-refractivity contribution in [2.45, 2.75) is 0 Å². The molecule has 0 saturated carbocycles. The number of likely N-dealkylation sites (N-methyl/N-ethyl adjacent to an activating group) is 1. The Bertz CT molecular complexity index is 113. The predicted octanol–water partition coefficient (Wildman–Crippen LogP) is 0.216. The van der Waals surface area contributed by atoms with Crippen LogP contribution in [0.25, 0.3) is 0 Å². The zero-order valence-electron chi connectivity index (χ0n) is 7.72. The van der Waals surface area contributed by atoms with Gasteiger partial charge >= 0.3 is 0 Å². The van der Waals surface area contributed by atoms with Crippen LogP contribution < -0.4 is 5.32 Å². The molecule has 0 aromatic heterocycles. The van der Waals surface area contributed by atoms with Gasteiger partial charge in [-0.1, -0.05) is 22.6 Å². The average molecular weight is 283 g/mol. The third-order valence-corrected chi connectivity index (χ3v) is 2.83. The maximum Gasteiger partial charge on any atom is 0.0480 e. The van der Waals surface area contributed by atoms with Crippen LogP contribution >= 0.6 is 22.6 Å². The van der Waals surface area contributed by atoms with E-state index in [0.29, 0.717) is 0 Å². The zero-order chi connectivity index (χ0) is 8.81. The normalized spacial score (nSPS) is 21.5. The highest BCUT2D eigenvalue weighted by atomic mass is 127. The van der Waals surface area contributed by atoms with Gasteiger partial charge in [-0.15, -0.1) is 0 Å². The van der Waals surface area contributed by atoms with Crippen molar-refractivity contribution in [3.8, 4) is 0 Å². The van der Waals surface area contributed by atoms with Gasteiger partial charge in [-0.3, -0.25) is 4.90 Å². The van der Waals surface area contributed by atoms with Crippen molar-refractivity contribution >= 4 is 22.6 Å². The monoisotopic (exact) mass is 283 g/mol. The second-order valence-electron chi connectivity index (χ2n) is 3.28. The molecule has 1 aliphatic heterocycles. The average Bonchev–Trinajstić information content (AvgIpc) is 2.09. The van der Waals surface area contributed by atoms with Crippen molar-refractivity contribution in [2.24, 2.45) is 0 Å². The van der Waals surface area contributed by atoms with E-state index in [9.17, 15) is 0 Å². The van der Waals surface area contributed by atoms with E-state index in [4.69, 9.17) is 0 Å². The molecule has 0 atom stereocenters. The largest absolute Gasteiger partial charge is 0.307 e. The molecule has 1 fully saturated rings. The highest BCUT2D eigenvalue weighted by Crippen LogP contribution is 1.97. The number of rotatable bonds is 4. The molecule has 0 spiro atoms. The molecule has 4 heteroatoms. The van der Waals surface area contributed by atoms with Crippen LogP contribution in [0, 0.1) is 0 Å². The number of hydrogen-bond donors (Lipinski definition) is 1. The lowest BCUT2D eigenvalue weighted by Crippen LogP contribution is -2.46. The van der Waals surface area contributed by atoms with Gasteiger partial charge in [-0.25, -0.2) is 0 Å². The lowest BCUT2D eigenvalue weighted by molar-refractivity contribution is 0.155. The van der Waals surface area contributed by atoms with Crippen LogP contribution in [-0.2, 0) is 0 Å². The minimum absolute atomic E-state index is 1.06. The molecule has 12 heavy (non-hydrogen) atoms. The molecule has 1 heterocycles. The van der Waals surface area contributed by atoms with Crippen molar-refractivity contribution in [2.75, 3.05) is 50.9 Å². The van der Waals surface area contributed by atoms with Crippen LogP contribution in [0.4, 0.5) is 0 Å². The highest BCUT2D eigenvalue weighted by Gasteiger charge is 2.12. The predicted molar refractivity (Wildman–Crippen MR) is 60.8 cm³/mol. The third-order valence-electron chi connectivity index (χ3n) is 2.30. The first-order valence-corrected chi connectivity index (χ1v) is 6.03. The standard InChI is InChI=1S/C8H18IN3/c1-11-4-6-12(7-5-11)3-2-10-8-9/h10H,2-8H2,1H3. The quantitative estimate of drug-likeness (QED) is 0.344. The van der Waals surface area contributed by atoms with E-state index < -0.39 is 0 Å². The Balaban J connectivity index is 2.01. The number of nitrogens with zero attached hydrogens (tertiary/aromatic N) is 2. The fourth-order valence-electron chi connectivity index (χ4n) is 1.38. The van der Waals surface area contributed by atoms with Crippen LogP contribution in [0.1, 0.15) is 0 Å². The number of halogens is 1. The van der Waals surface area contributed by atoms with E-state index in [1.54, 1.807) is 0 Å². The molecule has 72 valence electrons. The van der Waals surface area contributed by atoms with Gasteiger partial charge < -0.3 is 10.2 Å². The summed E-state index contributed by atoms with van der Waals surface area (Å²) in [5.74, 6) is 0. The summed E-state index contributed by atoms with van der Waals surface area (Å²) in [5.41, 5.74) is 0. The zero-order valence-corrected chi connectivity index (χ0v) is 9.88. The first kappa shape index (κ1) is 10.7. The minimum Gasteiger partial charge on any atom is -0.307 e. The summed E-state index contributed by atoms with van der Waals surface area (Å²) in [4.78, 5) is 4.92. The Labute approximate surface area is 88.6 Å². The van der Waals surface area contributed by atoms with Gasteiger partial charge in [-0.2, -0.15) is 0 Å². The van der Waals surface area contributed by atoms with Gasteiger partial charge in [0.05, 0.1) is 0 Å². The third kappa shape index (κ3) is 4.02.